The fourth-order valence-corrected chi connectivity index (χ4v) is 1.34. The van der Waals surface area contributed by atoms with E-state index in [1.54, 1.807) is 12.1 Å². The van der Waals surface area contributed by atoms with Crippen LogP contribution in [0.1, 0.15) is 5.56 Å². The average Bonchev–Trinajstić information content (AvgIpc) is 2.20. The molecule has 0 atom stereocenters. The second kappa shape index (κ2) is 3.65. The Labute approximate surface area is 86.3 Å². The van der Waals surface area contributed by atoms with Crippen LogP contribution in [0, 0.1) is 13.0 Å². The third-order valence-electron chi connectivity index (χ3n) is 2.08. The van der Waals surface area contributed by atoms with Crippen molar-refractivity contribution in [1.29, 1.82) is 0 Å². The molecule has 0 saturated heterocycles. The lowest BCUT2D eigenvalue weighted by molar-refractivity contribution is 0.476. The van der Waals surface area contributed by atoms with Crippen molar-refractivity contribution in [2.75, 3.05) is 0 Å². The molecule has 0 aliphatic rings. The number of benzene rings is 1. The first-order valence-corrected chi connectivity index (χ1v) is 4.44. The highest BCUT2D eigenvalue weighted by atomic mass is 19.1. The highest BCUT2D eigenvalue weighted by Crippen LogP contribution is 2.28. The molecule has 1 aromatic carbocycles. The fourth-order valence-electron chi connectivity index (χ4n) is 1.34. The summed E-state index contributed by atoms with van der Waals surface area (Å²) in [4.78, 5) is 6.86. The molecular weight excluding hydrogens is 195 g/mol. The van der Waals surface area contributed by atoms with Crippen LogP contribution in [0.25, 0.3) is 11.1 Å². The molecular formula is C11H9FN2O. The number of aromatic hydroxyl groups is 1. The molecule has 0 saturated carbocycles. The molecule has 1 aromatic heterocycles. The van der Waals surface area contributed by atoms with E-state index in [4.69, 9.17) is 0 Å². The first-order chi connectivity index (χ1) is 7.16. The van der Waals surface area contributed by atoms with E-state index in [0.717, 1.165) is 5.56 Å². The smallest absolute Gasteiger partial charge is 0.308 e. The Kier molecular flexibility index (Phi) is 2.33. The van der Waals surface area contributed by atoms with Crippen LogP contribution in [0.15, 0.2) is 30.6 Å². The summed E-state index contributed by atoms with van der Waals surface area (Å²) >= 11 is 0. The summed E-state index contributed by atoms with van der Waals surface area (Å²) in [6, 6.07) is 5.25. The molecule has 0 amide bonds. The monoisotopic (exact) mass is 204 g/mol. The van der Waals surface area contributed by atoms with Crippen molar-refractivity contribution in [2.45, 2.75) is 6.92 Å². The maximum Gasteiger partial charge on any atom is 0.308 e. The van der Waals surface area contributed by atoms with E-state index in [0.29, 0.717) is 11.1 Å². The molecule has 0 aliphatic heterocycles. The third-order valence-corrected chi connectivity index (χ3v) is 2.08. The molecule has 1 heterocycles. The topological polar surface area (TPSA) is 46.0 Å². The Hall–Kier alpha value is -1.97. The lowest BCUT2D eigenvalue weighted by atomic mass is 10.1. The number of hydrogen-bond acceptors (Lipinski definition) is 3. The largest absolute Gasteiger partial charge is 0.507 e. The van der Waals surface area contributed by atoms with Crippen LogP contribution >= 0.6 is 0 Å². The van der Waals surface area contributed by atoms with E-state index in [-0.39, 0.29) is 5.75 Å². The van der Waals surface area contributed by atoms with E-state index in [9.17, 15) is 9.50 Å². The first-order valence-electron chi connectivity index (χ1n) is 4.44. The summed E-state index contributed by atoms with van der Waals surface area (Å²) in [5, 5.41) is 9.66. The van der Waals surface area contributed by atoms with Gasteiger partial charge in [-0.15, -0.1) is 0 Å². The van der Waals surface area contributed by atoms with E-state index in [2.05, 4.69) is 9.97 Å². The first kappa shape index (κ1) is 9.58. The number of hydrogen-bond donors (Lipinski definition) is 1. The molecule has 0 fully saturated rings. The van der Waals surface area contributed by atoms with Gasteiger partial charge in [-0.3, -0.25) is 0 Å². The number of halogens is 1. The number of phenols is 1. The van der Waals surface area contributed by atoms with Crippen LogP contribution in [-0.2, 0) is 0 Å². The van der Waals surface area contributed by atoms with Gasteiger partial charge in [0.05, 0.1) is 0 Å². The maximum absolute atomic E-state index is 12.5. The molecule has 0 unspecified atom stereocenters. The molecule has 15 heavy (non-hydrogen) atoms. The van der Waals surface area contributed by atoms with Crippen molar-refractivity contribution in [3.63, 3.8) is 0 Å². The Morgan fingerprint density at radius 2 is 1.87 bits per heavy atom. The zero-order valence-electron chi connectivity index (χ0n) is 8.11. The number of aromatic nitrogens is 2. The second-order valence-electron chi connectivity index (χ2n) is 3.26. The molecule has 76 valence electrons. The zero-order valence-corrected chi connectivity index (χ0v) is 8.11. The molecule has 0 bridgehead atoms. The van der Waals surface area contributed by atoms with Crippen LogP contribution in [0.5, 0.6) is 5.75 Å². The van der Waals surface area contributed by atoms with Gasteiger partial charge < -0.3 is 5.11 Å². The normalized spacial score (nSPS) is 10.3. The van der Waals surface area contributed by atoms with Gasteiger partial charge in [0, 0.05) is 23.5 Å². The standard InChI is InChI=1S/C11H9FN2O/c1-7-2-3-9(10(15)4-7)8-5-13-11(12)14-6-8/h2-6,15H,1H3. The van der Waals surface area contributed by atoms with E-state index in [1.165, 1.54) is 12.4 Å². The van der Waals surface area contributed by atoms with Crippen molar-refractivity contribution in [3.05, 3.63) is 42.2 Å². The van der Waals surface area contributed by atoms with Crippen molar-refractivity contribution < 1.29 is 9.50 Å². The SMILES string of the molecule is Cc1ccc(-c2cnc(F)nc2)c(O)c1. The van der Waals surface area contributed by atoms with Gasteiger partial charge in [-0.25, -0.2) is 9.97 Å². The summed E-state index contributed by atoms with van der Waals surface area (Å²) in [6.45, 7) is 1.88. The minimum atomic E-state index is -0.773. The number of rotatable bonds is 1. The van der Waals surface area contributed by atoms with Gasteiger partial charge in [0.2, 0.25) is 0 Å². The third kappa shape index (κ3) is 1.93. The van der Waals surface area contributed by atoms with E-state index >= 15 is 0 Å². The molecule has 4 heteroatoms. The Balaban J connectivity index is 2.49. The zero-order chi connectivity index (χ0) is 10.8. The summed E-state index contributed by atoms with van der Waals surface area (Å²) in [7, 11) is 0. The van der Waals surface area contributed by atoms with Crippen LogP contribution in [0.3, 0.4) is 0 Å². The molecule has 3 nitrogen and oxygen atoms in total. The predicted octanol–water partition coefficient (Wildman–Crippen LogP) is 2.30. The van der Waals surface area contributed by atoms with Gasteiger partial charge in [-0.1, -0.05) is 12.1 Å². The van der Waals surface area contributed by atoms with Crippen molar-refractivity contribution in [2.24, 2.45) is 0 Å². The van der Waals surface area contributed by atoms with E-state index in [1.807, 2.05) is 13.0 Å². The summed E-state index contributed by atoms with van der Waals surface area (Å²) in [6.07, 6.45) is 1.91. The lowest BCUT2D eigenvalue weighted by Crippen LogP contribution is -1.89. The summed E-state index contributed by atoms with van der Waals surface area (Å²) in [5.74, 6) is 0.144. The Bertz CT molecular complexity index is 482. The summed E-state index contributed by atoms with van der Waals surface area (Å²) < 4.78 is 12.5. The molecule has 0 spiro atoms. The predicted molar refractivity (Wildman–Crippen MR) is 53.8 cm³/mol. The van der Waals surface area contributed by atoms with Gasteiger partial charge in [0.1, 0.15) is 5.75 Å². The Morgan fingerprint density at radius 1 is 1.20 bits per heavy atom. The second-order valence-corrected chi connectivity index (χ2v) is 3.26. The molecule has 0 radical (unpaired) electrons. The molecule has 0 aliphatic carbocycles. The highest BCUT2D eigenvalue weighted by molar-refractivity contribution is 5.68. The van der Waals surface area contributed by atoms with Gasteiger partial charge >= 0.3 is 6.08 Å². The van der Waals surface area contributed by atoms with Crippen molar-refractivity contribution >= 4 is 0 Å². The molecule has 2 rings (SSSR count). The van der Waals surface area contributed by atoms with Gasteiger partial charge in [0.15, 0.2) is 0 Å². The number of aryl methyl sites for hydroxylation is 1. The lowest BCUT2D eigenvalue weighted by Gasteiger charge is -2.04. The molecule has 2 aromatic rings. The minimum Gasteiger partial charge on any atom is -0.507 e. The summed E-state index contributed by atoms with van der Waals surface area (Å²) in [5.41, 5.74) is 2.15. The molecule has 1 N–H and O–H groups in total. The van der Waals surface area contributed by atoms with Gasteiger partial charge in [-0.05, 0) is 18.6 Å². The van der Waals surface area contributed by atoms with Gasteiger partial charge in [-0.2, -0.15) is 4.39 Å². The number of nitrogens with zero attached hydrogens (tertiary/aromatic N) is 2. The minimum absolute atomic E-state index is 0.144. The van der Waals surface area contributed by atoms with Gasteiger partial charge in [0.25, 0.3) is 0 Å². The highest BCUT2D eigenvalue weighted by Gasteiger charge is 2.05. The fraction of sp³-hybridized carbons (Fsp3) is 0.0909. The Morgan fingerprint density at radius 3 is 2.47 bits per heavy atom. The van der Waals surface area contributed by atoms with Crippen molar-refractivity contribution in [1.82, 2.24) is 9.97 Å². The van der Waals surface area contributed by atoms with Crippen LogP contribution in [-0.4, -0.2) is 15.1 Å². The van der Waals surface area contributed by atoms with Crippen LogP contribution in [0.2, 0.25) is 0 Å². The average molecular weight is 204 g/mol. The van der Waals surface area contributed by atoms with E-state index < -0.39 is 6.08 Å². The van der Waals surface area contributed by atoms with Crippen LogP contribution in [0.4, 0.5) is 4.39 Å². The number of phenolic OH excluding ortho intramolecular Hbond substituents is 1. The maximum atomic E-state index is 12.5. The van der Waals surface area contributed by atoms with Crippen molar-refractivity contribution in [3.8, 4) is 16.9 Å². The van der Waals surface area contributed by atoms with Crippen LogP contribution < -0.4 is 0 Å². The quantitative estimate of drug-likeness (QED) is 0.725.